The van der Waals surface area contributed by atoms with E-state index in [1.165, 1.54) is 0 Å². The molecule has 0 amide bonds. The first-order chi connectivity index (χ1) is 5.68. The fourth-order valence-electron chi connectivity index (χ4n) is 1.69. The summed E-state index contributed by atoms with van der Waals surface area (Å²) in [5.74, 6) is -1.26. The maximum Gasteiger partial charge on any atom is 0.230 e. The van der Waals surface area contributed by atoms with Gasteiger partial charge in [0.25, 0.3) is 0 Å². The molecule has 4 nitrogen and oxygen atoms in total. The van der Waals surface area contributed by atoms with Crippen molar-refractivity contribution in [2.45, 2.75) is 44.9 Å². The molecule has 1 rings (SSSR count). The highest BCUT2D eigenvalue weighted by Gasteiger charge is 2.50. The van der Waals surface area contributed by atoms with Gasteiger partial charge in [0.15, 0.2) is 0 Å². The van der Waals surface area contributed by atoms with Crippen LogP contribution in [-0.2, 0) is 9.59 Å². The lowest BCUT2D eigenvalue weighted by Gasteiger charge is -2.43. The van der Waals surface area contributed by atoms with Crippen molar-refractivity contribution < 1.29 is 14.7 Å². The quantitative estimate of drug-likeness (QED) is 0.506. The molecule has 0 aliphatic carbocycles. The topological polar surface area (TPSA) is 66.4 Å². The summed E-state index contributed by atoms with van der Waals surface area (Å²) in [6.45, 7) is 6.68. The van der Waals surface area contributed by atoms with E-state index < -0.39 is 28.7 Å². The molecule has 1 atom stereocenters. The van der Waals surface area contributed by atoms with Gasteiger partial charge in [-0.25, -0.2) is 0 Å². The summed E-state index contributed by atoms with van der Waals surface area (Å²) in [5.41, 5.74) is -1.62. The van der Waals surface area contributed by atoms with Gasteiger partial charge in [-0.05, 0) is 27.7 Å². The smallest absolute Gasteiger partial charge is 0.230 e. The minimum Gasteiger partial charge on any atom is -0.383 e. The Morgan fingerprint density at radius 2 is 1.69 bits per heavy atom. The SMILES string of the molecule is CC1(C)NC(C)(C)C(O)C(=O)C1=O. The van der Waals surface area contributed by atoms with E-state index in [4.69, 9.17) is 0 Å². The minimum atomic E-state index is -1.24. The first kappa shape index (κ1) is 10.3. The van der Waals surface area contributed by atoms with Crippen molar-refractivity contribution in [1.29, 1.82) is 0 Å². The predicted molar refractivity (Wildman–Crippen MR) is 47.3 cm³/mol. The van der Waals surface area contributed by atoms with Gasteiger partial charge >= 0.3 is 0 Å². The van der Waals surface area contributed by atoms with Crippen molar-refractivity contribution in [3.8, 4) is 0 Å². The Kier molecular flexibility index (Phi) is 2.09. The summed E-state index contributed by atoms with van der Waals surface area (Å²) in [7, 11) is 0. The summed E-state index contributed by atoms with van der Waals surface area (Å²) in [6, 6.07) is 0. The molecule has 1 saturated heterocycles. The second-order valence-corrected chi connectivity index (χ2v) is 4.57. The van der Waals surface area contributed by atoms with Gasteiger partial charge in [0.05, 0.1) is 5.54 Å². The Bertz CT molecular complexity index is 268. The van der Waals surface area contributed by atoms with Gasteiger partial charge in [-0.15, -0.1) is 0 Å². The van der Waals surface area contributed by atoms with Crippen molar-refractivity contribution in [3.63, 3.8) is 0 Å². The monoisotopic (exact) mass is 185 g/mol. The van der Waals surface area contributed by atoms with Gasteiger partial charge in [-0.1, -0.05) is 0 Å². The van der Waals surface area contributed by atoms with Crippen molar-refractivity contribution in [1.82, 2.24) is 5.32 Å². The number of carbonyl (C=O) groups is 2. The van der Waals surface area contributed by atoms with E-state index in [1.807, 2.05) is 0 Å². The number of hydrogen-bond acceptors (Lipinski definition) is 4. The van der Waals surface area contributed by atoms with Gasteiger partial charge in [-0.3, -0.25) is 14.9 Å². The number of Topliss-reactive ketones (excluding diaryl/α,β-unsaturated/α-hetero) is 2. The van der Waals surface area contributed by atoms with E-state index in [-0.39, 0.29) is 0 Å². The molecule has 1 aliphatic rings. The molecule has 0 radical (unpaired) electrons. The average Bonchev–Trinajstić information content (AvgIpc) is 1.96. The first-order valence-electron chi connectivity index (χ1n) is 4.24. The summed E-state index contributed by atoms with van der Waals surface area (Å²) in [4.78, 5) is 22.7. The fourth-order valence-corrected chi connectivity index (χ4v) is 1.69. The summed E-state index contributed by atoms with van der Waals surface area (Å²) in [6.07, 6.45) is -1.24. The third-order valence-electron chi connectivity index (χ3n) is 2.36. The lowest BCUT2D eigenvalue weighted by atomic mass is 9.79. The normalized spacial score (nSPS) is 31.9. The standard InChI is InChI=1S/C9H15NO3/c1-8(2)6(12)5(11)7(13)9(3,4)10-8/h6,10,12H,1-4H3. The maximum absolute atomic E-state index is 11.4. The van der Waals surface area contributed by atoms with Crippen molar-refractivity contribution in [2.75, 3.05) is 0 Å². The minimum absolute atomic E-state index is 0.556. The Labute approximate surface area is 77.3 Å². The molecule has 4 heteroatoms. The zero-order valence-electron chi connectivity index (χ0n) is 8.34. The van der Waals surface area contributed by atoms with E-state index in [2.05, 4.69) is 5.32 Å². The predicted octanol–water partition coefficient (Wildman–Crippen LogP) is -0.354. The van der Waals surface area contributed by atoms with E-state index in [0.717, 1.165) is 0 Å². The third kappa shape index (κ3) is 1.51. The Hall–Kier alpha value is -0.740. The number of piperidine rings is 1. The molecular weight excluding hydrogens is 170 g/mol. The molecule has 0 aromatic rings. The van der Waals surface area contributed by atoms with Gasteiger partial charge in [0.1, 0.15) is 6.10 Å². The highest BCUT2D eigenvalue weighted by Crippen LogP contribution is 2.23. The summed E-state index contributed by atoms with van der Waals surface area (Å²) < 4.78 is 0. The Balaban J connectivity index is 3.07. The van der Waals surface area contributed by atoms with Crippen LogP contribution in [0.25, 0.3) is 0 Å². The van der Waals surface area contributed by atoms with Crippen molar-refractivity contribution in [2.24, 2.45) is 0 Å². The number of rotatable bonds is 0. The van der Waals surface area contributed by atoms with E-state index in [0.29, 0.717) is 0 Å². The molecule has 1 heterocycles. The summed E-state index contributed by atoms with van der Waals surface area (Å²) in [5, 5.41) is 12.4. The van der Waals surface area contributed by atoms with Gasteiger partial charge in [0, 0.05) is 5.54 Å². The van der Waals surface area contributed by atoms with Gasteiger partial charge in [-0.2, -0.15) is 0 Å². The summed E-state index contributed by atoms with van der Waals surface area (Å²) >= 11 is 0. The van der Waals surface area contributed by atoms with Crippen molar-refractivity contribution >= 4 is 11.6 Å². The first-order valence-corrected chi connectivity index (χ1v) is 4.24. The fraction of sp³-hybridized carbons (Fsp3) is 0.778. The molecule has 2 N–H and O–H groups in total. The molecular formula is C9H15NO3. The molecule has 13 heavy (non-hydrogen) atoms. The molecule has 1 fully saturated rings. The largest absolute Gasteiger partial charge is 0.383 e. The van der Waals surface area contributed by atoms with Crippen LogP contribution < -0.4 is 5.32 Å². The number of carbonyl (C=O) groups excluding carboxylic acids is 2. The number of aliphatic hydroxyl groups excluding tert-OH is 1. The highest BCUT2D eigenvalue weighted by atomic mass is 16.3. The van der Waals surface area contributed by atoms with E-state index >= 15 is 0 Å². The van der Waals surface area contributed by atoms with Crippen LogP contribution in [0.4, 0.5) is 0 Å². The Morgan fingerprint density at radius 1 is 1.23 bits per heavy atom. The van der Waals surface area contributed by atoms with Gasteiger partial charge in [0.2, 0.25) is 11.6 Å². The molecule has 0 spiro atoms. The van der Waals surface area contributed by atoms with E-state index in [1.54, 1.807) is 27.7 Å². The van der Waals surface area contributed by atoms with Crippen LogP contribution in [0.15, 0.2) is 0 Å². The molecule has 0 aromatic carbocycles. The third-order valence-corrected chi connectivity index (χ3v) is 2.36. The molecule has 0 aromatic heterocycles. The van der Waals surface area contributed by atoms with Crippen molar-refractivity contribution in [3.05, 3.63) is 0 Å². The molecule has 0 saturated carbocycles. The van der Waals surface area contributed by atoms with Crippen LogP contribution in [0.2, 0.25) is 0 Å². The van der Waals surface area contributed by atoms with Crippen LogP contribution in [0, 0.1) is 0 Å². The zero-order chi connectivity index (χ0) is 10.4. The van der Waals surface area contributed by atoms with Crippen LogP contribution in [0.1, 0.15) is 27.7 Å². The molecule has 1 unspecified atom stereocenters. The van der Waals surface area contributed by atoms with Gasteiger partial charge < -0.3 is 5.11 Å². The lowest BCUT2D eigenvalue weighted by Crippen LogP contribution is -2.70. The number of nitrogens with one attached hydrogen (secondary N) is 1. The molecule has 1 aliphatic heterocycles. The second-order valence-electron chi connectivity index (χ2n) is 4.57. The second kappa shape index (κ2) is 2.62. The van der Waals surface area contributed by atoms with Crippen LogP contribution in [-0.4, -0.2) is 33.9 Å². The zero-order valence-corrected chi connectivity index (χ0v) is 8.34. The maximum atomic E-state index is 11.4. The molecule has 74 valence electrons. The van der Waals surface area contributed by atoms with E-state index in [9.17, 15) is 14.7 Å². The lowest BCUT2D eigenvalue weighted by molar-refractivity contribution is -0.152. The number of ketones is 2. The number of aliphatic hydroxyl groups is 1. The van der Waals surface area contributed by atoms with Crippen LogP contribution in [0.3, 0.4) is 0 Å². The van der Waals surface area contributed by atoms with Crippen LogP contribution in [0.5, 0.6) is 0 Å². The molecule has 0 bridgehead atoms. The number of hydrogen-bond donors (Lipinski definition) is 2. The highest BCUT2D eigenvalue weighted by molar-refractivity contribution is 6.42. The average molecular weight is 185 g/mol. The van der Waals surface area contributed by atoms with Crippen LogP contribution >= 0.6 is 0 Å². The Morgan fingerprint density at radius 3 is 2.15 bits per heavy atom.